The van der Waals surface area contributed by atoms with Crippen molar-refractivity contribution in [3.05, 3.63) is 0 Å². The average molecular weight is 179 g/mol. The minimum absolute atomic E-state index is 0.194. The van der Waals surface area contributed by atoms with Crippen LogP contribution in [0.4, 0.5) is 0 Å². The highest BCUT2D eigenvalue weighted by Crippen LogP contribution is 2.64. The molecule has 2 radical (unpaired) electrons. The maximum Gasteiger partial charge on any atom is 0.322 e. The molecule has 1 aliphatic carbocycles. The van der Waals surface area contributed by atoms with Gasteiger partial charge in [0.15, 0.2) is 7.98 Å². The Labute approximate surface area is 79.9 Å². The summed E-state index contributed by atoms with van der Waals surface area (Å²) in [7, 11) is 7.15. The van der Waals surface area contributed by atoms with E-state index < -0.39 is 0 Å². The molecular formula is C9H14BNO2. The summed E-state index contributed by atoms with van der Waals surface area (Å²) < 4.78 is 4.73. The quantitative estimate of drug-likeness (QED) is 0.425. The molecule has 2 rings (SSSR count). The lowest BCUT2D eigenvalue weighted by Crippen LogP contribution is -2.40. The van der Waals surface area contributed by atoms with E-state index in [9.17, 15) is 4.79 Å². The summed E-state index contributed by atoms with van der Waals surface area (Å²) in [5, 5.41) is 0. The summed E-state index contributed by atoms with van der Waals surface area (Å²) in [6.07, 6.45) is 0. The van der Waals surface area contributed by atoms with E-state index in [1.165, 1.54) is 7.11 Å². The van der Waals surface area contributed by atoms with E-state index in [0.29, 0.717) is 11.8 Å². The van der Waals surface area contributed by atoms with E-state index >= 15 is 0 Å². The molecule has 0 N–H and O–H groups in total. The summed E-state index contributed by atoms with van der Waals surface area (Å²) >= 11 is 0. The van der Waals surface area contributed by atoms with Crippen molar-refractivity contribution in [2.45, 2.75) is 19.9 Å². The molecule has 0 aromatic carbocycles. The number of hydrogen-bond acceptors (Lipinski definition) is 3. The van der Waals surface area contributed by atoms with Crippen LogP contribution in [0.1, 0.15) is 13.8 Å². The molecule has 70 valence electrons. The van der Waals surface area contributed by atoms with E-state index in [2.05, 4.69) is 13.8 Å². The molecule has 2 aliphatic rings. The molecular weight excluding hydrogens is 165 g/mol. The molecule has 0 amide bonds. The number of nitrogens with zero attached hydrogens (tertiary/aromatic N) is 1. The molecule has 0 aromatic heterocycles. The minimum Gasteiger partial charge on any atom is -0.468 e. The zero-order valence-electron chi connectivity index (χ0n) is 8.28. The predicted molar refractivity (Wildman–Crippen MR) is 49.0 cm³/mol. The van der Waals surface area contributed by atoms with Gasteiger partial charge in [-0.15, -0.1) is 0 Å². The summed E-state index contributed by atoms with van der Waals surface area (Å²) in [5.41, 5.74) is 0.273. The van der Waals surface area contributed by atoms with Gasteiger partial charge >= 0.3 is 5.97 Å². The molecule has 4 heteroatoms. The lowest BCUT2D eigenvalue weighted by molar-refractivity contribution is -0.145. The van der Waals surface area contributed by atoms with Crippen molar-refractivity contribution < 1.29 is 9.53 Å². The van der Waals surface area contributed by atoms with Crippen LogP contribution in [0, 0.1) is 17.3 Å². The van der Waals surface area contributed by atoms with E-state index in [1.54, 1.807) is 4.81 Å². The van der Waals surface area contributed by atoms with Crippen LogP contribution in [0.3, 0.4) is 0 Å². The van der Waals surface area contributed by atoms with Gasteiger partial charge in [0.2, 0.25) is 0 Å². The molecule has 0 spiro atoms. The maximum atomic E-state index is 11.4. The van der Waals surface area contributed by atoms with Gasteiger partial charge in [0.1, 0.15) is 6.04 Å². The highest BCUT2D eigenvalue weighted by molar-refractivity contribution is 6.07. The first kappa shape index (κ1) is 9.07. The van der Waals surface area contributed by atoms with Crippen LogP contribution in [-0.4, -0.2) is 38.5 Å². The van der Waals surface area contributed by atoms with E-state index in [1.807, 2.05) is 0 Å². The molecule has 3 unspecified atom stereocenters. The summed E-state index contributed by atoms with van der Waals surface area (Å²) in [6.45, 7) is 5.19. The Balaban J connectivity index is 2.15. The topological polar surface area (TPSA) is 29.5 Å². The van der Waals surface area contributed by atoms with Crippen LogP contribution in [0.5, 0.6) is 0 Å². The van der Waals surface area contributed by atoms with Crippen LogP contribution in [-0.2, 0) is 9.53 Å². The van der Waals surface area contributed by atoms with Crippen molar-refractivity contribution in [3.8, 4) is 0 Å². The fourth-order valence-electron chi connectivity index (χ4n) is 2.71. The third kappa shape index (κ3) is 1.04. The number of methoxy groups -OCH3 is 1. The third-order valence-electron chi connectivity index (χ3n) is 3.69. The van der Waals surface area contributed by atoms with Gasteiger partial charge in [-0.25, -0.2) is 0 Å². The second kappa shape index (κ2) is 2.50. The number of ether oxygens (including phenoxy) is 1. The zero-order chi connectivity index (χ0) is 9.80. The second-order valence-electron chi connectivity index (χ2n) is 4.62. The molecule has 2 fully saturated rings. The molecule has 13 heavy (non-hydrogen) atoms. The van der Waals surface area contributed by atoms with E-state index in [-0.39, 0.29) is 17.4 Å². The number of fused-ring (bicyclic) bond motifs is 1. The Morgan fingerprint density at radius 1 is 1.62 bits per heavy atom. The molecule has 0 bridgehead atoms. The summed E-state index contributed by atoms with van der Waals surface area (Å²) in [5.74, 6) is 0.770. The molecule has 1 saturated carbocycles. The number of carbonyl (C=O) groups is 1. The molecule has 3 atom stereocenters. The predicted octanol–water partition coefficient (Wildman–Crippen LogP) is 0.199. The highest BCUT2D eigenvalue weighted by Gasteiger charge is 2.67. The van der Waals surface area contributed by atoms with Crippen LogP contribution in [0.25, 0.3) is 0 Å². The first-order valence-electron chi connectivity index (χ1n) is 4.59. The first-order chi connectivity index (χ1) is 6.00. The lowest BCUT2D eigenvalue weighted by Gasteiger charge is -2.25. The largest absolute Gasteiger partial charge is 0.468 e. The smallest absolute Gasteiger partial charge is 0.322 e. The van der Waals surface area contributed by atoms with Crippen LogP contribution in [0.2, 0.25) is 0 Å². The fourth-order valence-corrected chi connectivity index (χ4v) is 2.71. The van der Waals surface area contributed by atoms with Gasteiger partial charge in [0.25, 0.3) is 0 Å². The van der Waals surface area contributed by atoms with Crippen molar-refractivity contribution in [3.63, 3.8) is 0 Å². The SMILES string of the molecule is [B]N1CC2C(C1C(=O)OC)C2(C)C. The second-order valence-corrected chi connectivity index (χ2v) is 4.62. The van der Waals surface area contributed by atoms with Gasteiger partial charge in [0.05, 0.1) is 7.11 Å². The fraction of sp³-hybridized carbons (Fsp3) is 0.889. The maximum absolute atomic E-state index is 11.4. The molecule has 1 aliphatic heterocycles. The van der Waals surface area contributed by atoms with Gasteiger partial charge in [-0.1, -0.05) is 13.8 Å². The highest BCUT2D eigenvalue weighted by atomic mass is 16.5. The number of rotatable bonds is 1. The van der Waals surface area contributed by atoms with Crippen LogP contribution in [0.15, 0.2) is 0 Å². The van der Waals surface area contributed by atoms with Gasteiger partial charge in [-0.3, -0.25) is 4.79 Å². The molecule has 0 aromatic rings. The first-order valence-corrected chi connectivity index (χ1v) is 4.59. The summed E-state index contributed by atoms with van der Waals surface area (Å²) in [4.78, 5) is 13.0. The van der Waals surface area contributed by atoms with Crippen molar-refractivity contribution in [2.24, 2.45) is 17.3 Å². The number of carbonyl (C=O) groups excluding carboxylic acids is 1. The van der Waals surface area contributed by atoms with Crippen molar-refractivity contribution in [1.82, 2.24) is 4.81 Å². The Kier molecular flexibility index (Phi) is 1.74. The van der Waals surface area contributed by atoms with Crippen molar-refractivity contribution >= 4 is 14.0 Å². The van der Waals surface area contributed by atoms with Crippen molar-refractivity contribution in [2.75, 3.05) is 13.7 Å². The van der Waals surface area contributed by atoms with Gasteiger partial charge < -0.3 is 9.55 Å². The van der Waals surface area contributed by atoms with Crippen LogP contribution >= 0.6 is 0 Å². The van der Waals surface area contributed by atoms with Gasteiger partial charge in [-0.05, 0) is 23.8 Å². The Hall–Kier alpha value is -0.505. The zero-order valence-corrected chi connectivity index (χ0v) is 8.28. The average Bonchev–Trinajstić information content (AvgIpc) is 2.48. The molecule has 1 heterocycles. The standard InChI is InChI=1S/C9H14BNO2/c1-9(2)5-4-11(10)7(6(5)9)8(12)13-3/h5-7H,4H2,1-3H3. The molecule has 3 nitrogen and oxygen atoms in total. The Morgan fingerprint density at radius 3 is 2.69 bits per heavy atom. The Morgan fingerprint density at radius 2 is 2.23 bits per heavy atom. The molecule has 1 saturated heterocycles. The number of piperidine rings is 1. The third-order valence-corrected chi connectivity index (χ3v) is 3.69. The van der Waals surface area contributed by atoms with E-state index in [4.69, 9.17) is 12.7 Å². The van der Waals surface area contributed by atoms with Crippen LogP contribution < -0.4 is 0 Å². The summed E-state index contributed by atoms with van der Waals surface area (Å²) in [6, 6.07) is -0.218. The van der Waals surface area contributed by atoms with E-state index in [0.717, 1.165) is 6.54 Å². The normalized spacial score (nSPS) is 41.3. The minimum atomic E-state index is -0.218. The van der Waals surface area contributed by atoms with Gasteiger partial charge in [-0.2, -0.15) is 0 Å². The number of hydrogen-bond donors (Lipinski definition) is 0. The van der Waals surface area contributed by atoms with Gasteiger partial charge in [0, 0.05) is 0 Å². The van der Waals surface area contributed by atoms with Crippen molar-refractivity contribution in [1.29, 1.82) is 0 Å². The number of esters is 1. The lowest BCUT2D eigenvalue weighted by atomic mass is 9.99. The Bertz CT molecular complexity index is 254. The monoisotopic (exact) mass is 179 g/mol.